The monoisotopic (exact) mass is 1330 g/mol. The SMILES string of the molecule is CCCOc1c2cc(CCCn3cc(-c4ccccc4)nn3)cc1Cc1cc(CCCn3cc(-c4ccccc4)nn3)cc(c1OCCC)Cc1cc(CCCn3cc(-c4ccccc4)nn3)cc(c1OCCC)Cc1cc(CCCn3cc(-c4ccccc4)nn3)cc(c1OCCC)C2. The molecule has 0 N–H and O–H groups in total. The summed E-state index contributed by atoms with van der Waals surface area (Å²) in [4.78, 5) is 0. The Morgan fingerprint density at radius 3 is 0.670 bits per heavy atom. The summed E-state index contributed by atoms with van der Waals surface area (Å²) in [5, 5.41) is 36.8. The van der Waals surface area contributed by atoms with E-state index in [2.05, 4.69) is 191 Å². The average Bonchev–Trinajstić information content (AvgIpc) is 0.976. The Kier molecular flexibility index (Phi) is 23.0. The van der Waals surface area contributed by atoms with Crippen LogP contribution in [0, 0.1) is 0 Å². The number of aromatic nitrogens is 12. The third-order valence-electron chi connectivity index (χ3n) is 18.4. The first kappa shape index (κ1) is 68.1. The van der Waals surface area contributed by atoms with Crippen molar-refractivity contribution in [1.82, 2.24) is 60.0 Å². The molecule has 0 fully saturated rings. The molecule has 0 saturated carbocycles. The molecule has 16 heteroatoms. The summed E-state index contributed by atoms with van der Waals surface area (Å²) in [7, 11) is 0. The first-order chi connectivity index (χ1) is 49.3. The lowest BCUT2D eigenvalue weighted by Gasteiger charge is -2.25. The van der Waals surface area contributed by atoms with Gasteiger partial charge in [0.1, 0.15) is 45.8 Å². The summed E-state index contributed by atoms with van der Waals surface area (Å²) >= 11 is 0. The fourth-order valence-electron chi connectivity index (χ4n) is 13.7. The van der Waals surface area contributed by atoms with Crippen LogP contribution in [0.2, 0.25) is 0 Å². The lowest BCUT2D eigenvalue weighted by Crippen LogP contribution is -2.12. The highest BCUT2D eigenvalue weighted by Gasteiger charge is 2.26. The first-order valence-electron chi connectivity index (χ1n) is 36.3. The minimum atomic E-state index is 0.567. The predicted molar refractivity (Wildman–Crippen MR) is 395 cm³/mol. The van der Waals surface area contributed by atoms with Gasteiger partial charge in [0.15, 0.2) is 0 Å². The van der Waals surface area contributed by atoms with Gasteiger partial charge in [0.25, 0.3) is 0 Å². The minimum absolute atomic E-state index is 0.567. The van der Waals surface area contributed by atoms with Crippen LogP contribution in [-0.4, -0.2) is 86.4 Å². The van der Waals surface area contributed by atoms with Crippen LogP contribution in [0.3, 0.4) is 0 Å². The topological polar surface area (TPSA) is 160 Å². The van der Waals surface area contributed by atoms with Crippen LogP contribution in [0.15, 0.2) is 195 Å². The zero-order valence-electron chi connectivity index (χ0n) is 58.4. The molecule has 0 radical (unpaired) electrons. The second-order valence-corrected chi connectivity index (χ2v) is 26.4. The van der Waals surface area contributed by atoms with E-state index in [1.807, 2.05) is 91.5 Å². The number of ether oxygens (including phenoxy) is 4. The Morgan fingerprint density at radius 1 is 0.280 bits per heavy atom. The fraction of sp³-hybridized carbons (Fsp3) is 0.333. The Hall–Kier alpha value is -10.5. The molecule has 512 valence electrons. The normalized spacial score (nSPS) is 12.0. The van der Waals surface area contributed by atoms with E-state index >= 15 is 0 Å². The molecule has 1 aliphatic carbocycles. The van der Waals surface area contributed by atoms with Crippen molar-refractivity contribution >= 4 is 0 Å². The summed E-state index contributed by atoms with van der Waals surface area (Å²) in [5.74, 6) is 3.71. The Balaban J connectivity index is 0.940. The molecule has 1 aliphatic rings. The van der Waals surface area contributed by atoms with Crippen molar-refractivity contribution in [2.45, 2.75) is 157 Å². The van der Waals surface area contributed by atoms with Gasteiger partial charge in [-0.1, -0.05) is 218 Å². The van der Waals surface area contributed by atoms with E-state index in [0.717, 1.165) is 190 Å². The van der Waals surface area contributed by atoms with Gasteiger partial charge in [-0.25, -0.2) is 0 Å². The number of benzene rings is 8. The smallest absolute Gasteiger partial charge is 0.126 e. The molecule has 0 atom stereocenters. The van der Waals surface area contributed by atoms with Gasteiger partial charge in [-0.3, -0.25) is 18.7 Å². The van der Waals surface area contributed by atoms with Gasteiger partial charge in [0.2, 0.25) is 0 Å². The lowest BCUT2D eigenvalue weighted by atomic mass is 9.87. The summed E-state index contributed by atoms with van der Waals surface area (Å²) in [6.07, 6.45) is 20.7. The lowest BCUT2D eigenvalue weighted by molar-refractivity contribution is 0.304. The van der Waals surface area contributed by atoms with E-state index in [4.69, 9.17) is 18.9 Å². The Bertz CT molecular complexity index is 3910. The third kappa shape index (κ3) is 17.5. The van der Waals surface area contributed by atoms with Crippen LogP contribution in [0.4, 0.5) is 0 Å². The maximum Gasteiger partial charge on any atom is 0.126 e. The quantitative estimate of drug-likeness (QED) is 0.0393. The van der Waals surface area contributed by atoms with E-state index < -0.39 is 0 Å². The van der Waals surface area contributed by atoms with Crippen molar-refractivity contribution in [3.63, 3.8) is 0 Å². The van der Waals surface area contributed by atoms with Gasteiger partial charge in [0.05, 0.1) is 51.2 Å². The number of rotatable bonds is 32. The molecule has 100 heavy (non-hydrogen) atoms. The highest BCUT2D eigenvalue weighted by Crippen LogP contribution is 2.42. The second-order valence-electron chi connectivity index (χ2n) is 26.4. The van der Waals surface area contributed by atoms with E-state index in [-0.39, 0.29) is 0 Å². The molecule has 13 rings (SSSR count). The Morgan fingerprint density at radius 2 is 0.480 bits per heavy atom. The van der Waals surface area contributed by atoms with Crippen molar-refractivity contribution in [1.29, 1.82) is 0 Å². The fourth-order valence-corrected chi connectivity index (χ4v) is 13.7. The van der Waals surface area contributed by atoms with Crippen LogP contribution in [0.25, 0.3) is 45.0 Å². The minimum Gasteiger partial charge on any atom is -0.493 e. The number of nitrogens with zero attached hydrogens (tertiary/aromatic N) is 12. The predicted octanol–water partition coefficient (Wildman–Crippen LogP) is 17.1. The molecule has 0 spiro atoms. The van der Waals surface area contributed by atoms with Crippen molar-refractivity contribution in [3.8, 4) is 68.0 Å². The summed E-state index contributed by atoms with van der Waals surface area (Å²) in [6, 6.07) is 60.4. The van der Waals surface area contributed by atoms with E-state index in [1.165, 1.54) is 22.3 Å². The molecule has 12 aromatic rings. The average molecular weight is 1330 g/mol. The molecule has 16 nitrogen and oxygen atoms in total. The van der Waals surface area contributed by atoms with Gasteiger partial charge in [-0.05, 0) is 144 Å². The largest absolute Gasteiger partial charge is 0.493 e. The van der Waals surface area contributed by atoms with Crippen molar-refractivity contribution in [2.75, 3.05) is 26.4 Å². The molecule has 8 bridgehead atoms. The van der Waals surface area contributed by atoms with Crippen LogP contribution < -0.4 is 18.9 Å². The zero-order chi connectivity index (χ0) is 68.2. The van der Waals surface area contributed by atoms with Gasteiger partial charge < -0.3 is 18.9 Å². The molecule has 0 saturated heterocycles. The summed E-state index contributed by atoms with van der Waals surface area (Å²) in [6.45, 7) is 13.9. The van der Waals surface area contributed by atoms with Gasteiger partial charge in [-0.2, -0.15) is 0 Å². The van der Waals surface area contributed by atoms with E-state index in [1.54, 1.807) is 0 Å². The van der Waals surface area contributed by atoms with Crippen molar-refractivity contribution in [3.05, 3.63) is 261 Å². The van der Waals surface area contributed by atoms with Crippen LogP contribution in [0.1, 0.15) is 146 Å². The molecule has 0 aliphatic heterocycles. The van der Waals surface area contributed by atoms with Crippen LogP contribution in [-0.2, 0) is 77.5 Å². The zero-order valence-corrected chi connectivity index (χ0v) is 58.4. The van der Waals surface area contributed by atoms with Gasteiger partial charge in [-0.15, -0.1) is 20.4 Å². The standard InChI is InChI=1S/C84H92N12O4/c1-5-41-97-81-69-45-61(25-21-37-93-57-77(85-89-93)65-29-13-9-14-30-65)46-70(81)54-72-48-63(27-23-39-95-59-79(87-91-95)67-33-17-11-18-34-67)50-74(83(72)99-43-7-3)56-76-52-64(28-24-40-96-60-80(88-92-96)68-35-19-12-20-36-68)51-75(84(76)100-44-8-4)55-73-49-62(47-71(53-69)82(73)98-42-6-2)26-22-38-94-58-78(86-90-94)66-31-15-10-16-32-66/h9-20,29-36,45-52,57-60H,5-8,21-28,37-44,53-56H2,1-4H3. The van der Waals surface area contributed by atoms with Gasteiger partial charge in [0, 0.05) is 74.1 Å². The van der Waals surface area contributed by atoms with Crippen LogP contribution >= 0.6 is 0 Å². The molecule has 0 amide bonds. The van der Waals surface area contributed by atoms with Crippen molar-refractivity contribution < 1.29 is 18.9 Å². The maximum absolute atomic E-state index is 7.20. The molecule has 0 unspecified atom stereocenters. The van der Waals surface area contributed by atoms with E-state index in [9.17, 15) is 0 Å². The highest BCUT2D eigenvalue weighted by atomic mass is 16.5. The maximum atomic E-state index is 7.20. The third-order valence-corrected chi connectivity index (χ3v) is 18.4. The number of hydrogen-bond acceptors (Lipinski definition) is 12. The van der Waals surface area contributed by atoms with E-state index in [0.29, 0.717) is 78.3 Å². The van der Waals surface area contributed by atoms with Gasteiger partial charge >= 0.3 is 0 Å². The highest BCUT2D eigenvalue weighted by molar-refractivity contribution is 5.62. The summed E-state index contributed by atoms with van der Waals surface area (Å²) in [5.41, 5.74) is 21.7. The molecular formula is C84H92N12O4. The number of fused-ring (bicyclic) bond motifs is 8. The number of hydrogen-bond donors (Lipinski definition) is 0. The molecule has 4 heterocycles. The van der Waals surface area contributed by atoms with Crippen LogP contribution in [0.5, 0.6) is 23.0 Å². The summed E-state index contributed by atoms with van der Waals surface area (Å²) < 4.78 is 36.7. The number of aryl methyl sites for hydroxylation is 8. The molecular weight excluding hydrogens is 1240 g/mol. The van der Waals surface area contributed by atoms with Crippen molar-refractivity contribution in [2.24, 2.45) is 0 Å². The molecule has 8 aromatic carbocycles. The Labute approximate surface area is 588 Å². The first-order valence-corrected chi connectivity index (χ1v) is 36.3. The second kappa shape index (κ2) is 33.9. The molecule has 4 aromatic heterocycles.